The van der Waals surface area contributed by atoms with Gasteiger partial charge in [-0.3, -0.25) is 0 Å². The summed E-state index contributed by atoms with van der Waals surface area (Å²) in [5.41, 5.74) is 13.4. The van der Waals surface area contributed by atoms with Crippen molar-refractivity contribution in [2.24, 2.45) is 0 Å². The van der Waals surface area contributed by atoms with Crippen LogP contribution in [-0.4, -0.2) is 0 Å². The summed E-state index contributed by atoms with van der Waals surface area (Å²) in [5, 5.41) is 5.97. The molecule has 2 nitrogen and oxygen atoms in total. The lowest BCUT2D eigenvalue weighted by molar-refractivity contribution is 0.669. The molecule has 0 radical (unpaired) electrons. The fraction of sp³-hybridized carbons (Fsp3) is 0.0182. The minimum Gasteiger partial charge on any atom is -0.456 e. The largest absolute Gasteiger partial charge is 0.456 e. The Balaban J connectivity index is 1.09. The molecule has 58 heavy (non-hydrogen) atoms. The Morgan fingerprint density at radius 3 is 1.67 bits per heavy atom. The third-order valence-electron chi connectivity index (χ3n) is 12.1. The number of furan rings is 1. The summed E-state index contributed by atoms with van der Waals surface area (Å²) in [4.78, 5) is 3.64. The van der Waals surface area contributed by atoms with E-state index in [9.17, 15) is 0 Å². The van der Waals surface area contributed by atoms with Crippen LogP contribution in [-0.2, 0) is 5.41 Å². The summed E-state index contributed by atoms with van der Waals surface area (Å²) in [6.07, 6.45) is 0. The molecule has 9 aromatic carbocycles. The van der Waals surface area contributed by atoms with Gasteiger partial charge in [-0.2, -0.15) is 0 Å². The third-order valence-corrected chi connectivity index (χ3v) is 13.3. The van der Waals surface area contributed by atoms with E-state index in [0.717, 1.165) is 44.6 Å². The Bertz CT molecular complexity index is 3250. The van der Waals surface area contributed by atoms with Gasteiger partial charge >= 0.3 is 0 Å². The zero-order chi connectivity index (χ0) is 38.2. The van der Waals surface area contributed by atoms with Crippen LogP contribution in [0.25, 0.3) is 64.4 Å². The van der Waals surface area contributed by atoms with Crippen molar-refractivity contribution in [2.45, 2.75) is 5.41 Å². The summed E-state index contributed by atoms with van der Waals surface area (Å²) in [6, 6.07) is 77.1. The molecule has 2 aromatic heterocycles. The molecule has 0 atom stereocenters. The van der Waals surface area contributed by atoms with Crippen molar-refractivity contribution in [3.63, 3.8) is 0 Å². The number of hydrogen-bond donors (Lipinski definition) is 0. The monoisotopic (exact) mass is 757 g/mol. The Morgan fingerprint density at radius 1 is 0.414 bits per heavy atom. The quantitative estimate of drug-likeness (QED) is 0.168. The molecule has 1 aliphatic rings. The van der Waals surface area contributed by atoms with Gasteiger partial charge in [0, 0.05) is 43.5 Å². The lowest BCUT2D eigenvalue weighted by atomic mass is 9.67. The molecule has 0 saturated heterocycles. The Morgan fingerprint density at radius 2 is 1.00 bits per heavy atom. The number of nitrogens with zero attached hydrogens (tertiary/aromatic N) is 1. The van der Waals surface area contributed by atoms with Gasteiger partial charge in [0.1, 0.15) is 11.2 Å². The maximum Gasteiger partial charge on any atom is 0.137 e. The highest BCUT2D eigenvalue weighted by atomic mass is 32.1. The first-order valence-electron chi connectivity index (χ1n) is 19.8. The van der Waals surface area contributed by atoms with Crippen LogP contribution in [0.5, 0.6) is 0 Å². The first kappa shape index (κ1) is 33.0. The minimum atomic E-state index is -0.498. The van der Waals surface area contributed by atoms with Gasteiger partial charge in [0.15, 0.2) is 0 Å². The van der Waals surface area contributed by atoms with Gasteiger partial charge < -0.3 is 9.32 Å². The van der Waals surface area contributed by atoms with Crippen LogP contribution in [0.3, 0.4) is 0 Å². The van der Waals surface area contributed by atoms with Gasteiger partial charge in [-0.25, -0.2) is 0 Å². The molecule has 0 spiro atoms. The van der Waals surface area contributed by atoms with Crippen LogP contribution in [0.15, 0.2) is 217 Å². The number of thiophene rings is 1. The van der Waals surface area contributed by atoms with Crippen molar-refractivity contribution in [3.8, 4) is 21.6 Å². The fourth-order valence-corrected chi connectivity index (χ4v) is 11.0. The summed E-state index contributed by atoms with van der Waals surface area (Å²) in [7, 11) is 0. The number of benzene rings is 9. The number of rotatable bonds is 6. The SMILES string of the molecule is c1ccc(N(c2ccccc2)c2ccc3c(c2)oc2cc(-c4ccc5c(c4)C(c4ccccc4)(c4ccccc4)c4c-5sc5ccccc45)c4ccccc4c23)cc1. The standard InChI is InChI=1S/C55H35NOS/c1-5-17-37(18-6-1)55(38-19-7-2-8-20-38)48-33-36(29-31-44(48)54-53(55)46-27-15-16-28-51(46)58-54)47-35-50-52(43-26-14-13-25-42(43)47)45-32-30-41(34-49(45)57-50)56(39-21-9-3-10-22-39)40-23-11-4-12-24-40/h1-35H. The van der Waals surface area contributed by atoms with Crippen molar-refractivity contribution in [1.29, 1.82) is 0 Å². The van der Waals surface area contributed by atoms with E-state index < -0.39 is 5.41 Å². The molecular weight excluding hydrogens is 723 g/mol. The van der Waals surface area contributed by atoms with Crippen molar-refractivity contribution < 1.29 is 4.42 Å². The van der Waals surface area contributed by atoms with Crippen molar-refractivity contribution >= 4 is 71.2 Å². The maximum atomic E-state index is 6.92. The summed E-state index contributed by atoms with van der Waals surface area (Å²) in [6.45, 7) is 0. The molecule has 272 valence electrons. The van der Waals surface area contributed by atoms with E-state index in [1.807, 2.05) is 11.3 Å². The number of fused-ring (bicyclic) bond motifs is 10. The Labute approximate surface area is 340 Å². The highest BCUT2D eigenvalue weighted by molar-refractivity contribution is 7.22. The lowest BCUT2D eigenvalue weighted by Crippen LogP contribution is -2.28. The number of anilines is 3. The number of hydrogen-bond acceptors (Lipinski definition) is 3. The van der Waals surface area contributed by atoms with Crippen molar-refractivity contribution in [1.82, 2.24) is 0 Å². The van der Waals surface area contributed by atoms with E-state index in [2.05, 4.69) is 217 Å². The average Bonchev–Trinajstić information content (AvgIpc) is 3.95. The molecule has 0 amide bonds. The van der Waals surface area contributed by atoms with Gasteiger partial charge in [-0.15, -0.1) is 11.3 Å². The van der Waals surface area contributed by atoms with E-state index in [-0.39, 0.29) is 0 Å². The molecule has 0 saturated carbocycles. The predicted molar refractivity (Wildman–Crippen MR) is 244 cm³/mol. The van der Waals surface area contributed by atoms with Crippen LogP contribution in [0, 0.1) is 0 Å². The molecule has 12 rings (SSSR count). The zero-order valence-corrected chi connectivity index (χ0v) is 32.3. The van der Waals surface area contributed by atoms with Gasteiger partial charge in [0.25, 0.3) is 0 Å². The second-order valence-corrected chi connectivity index (χ2v) is 16.2. The lowest BCUT2D eigenvalue weighted by Gasteiger charge is -2.34. The average molecular weight is 758 g/mol. The van der Waals surface area contributed by atoms with Crippen LogP contribution in [0.1, 0.15) is 22.3 Å². The molecule has 0 aliphatic heterocycles. The fourth-order valence-electron chi connectivity index (χ4n) is 9.71. The molecule has 2 heterocycles. The molecular formula is C55H35NOS. The highest BCUT2D eigenvalue weighted by Crippen LogP contribution is 2.61. The van der Waals surface area contributed by atoms with Gasteiger partial charge in [0.2, 0.25) is 0 Å². The molecule has 0 fully saturated rings. The first-order valence-corrected chi connectivity index (χ1v) is 20.7. The van der Waals surface area contributed by atoms with Crippen LogP contribution in [0.4, 0.5) is 17.1 Å². The Hall–Kier alpha value is -7.20. The summed E-state index contributed by atoms with van der Waals surface area (Å²) >= 11 is 1.91. The first-order chi connectivity index (χ1) is 28.8. The highest BCUT2D eigenvalue weighted by Gasteiger charge is 2.48. The van der Waals surface area contributed by atoms with E-state index in [4.69, 9.17) is 4.42 Å². The molecule has 11 aromatic rings. The summed E-state index contributed by atoms with van der Waals surface area (Å²) in [5.74, 6) is 0. The smallest absolute Gasteiger partial charge is 0.137 e. The van der Waals surface area contributed by atoms with Crippen LogP contribution in [0.2, 0.25) is 0 Å². The van der Waals surface area contributed by atoms with E-state index in [1.165, 1.54) is 59.1 Å². The maximum absolute atomic E-state index is 6.92. The van der Waals surface area contributed by atoms with E-state index >= 15 is 0 Å². The predicted octanol–water partition coefficient (Wildman–Crippen LogP) is 15.5. The molecule has 1 aliphatic carbocycles. The number of para-hydroxylation sites is 2. The van der Waals surface area contributed by atoms with Gasteiger partial charge in [-0.1, -0.05) is 152 Å². The molecule has 0 N–H and O–H groups in total. The van der Waals surface area contributed by atoms with Crippen molar-refractivity contribution in [3.05, 3.63) is 235 Å². The van der Waals surface area contributed by atoms with Gasteiger partial charge in [0.05, 0.1) is 5.41 Å². The molecule has 3 heteroatoms. The second kappa shape index (κ2) is 12.9. The zero-order valence-electron chi connectivity index (χ0n) is 31.5. The molecule has 0 unspecified atom stereocenters. The third kappa shape index (κ3) is 4.78. The van der Waals surface area contributed by atoms with Crippen LogP contribution >= 0.6 is 11.3 Å². The van der Waals surface area contributed by atoms with Crippen molar-refractivity contribution in [2.75, 3.05) is 4.90 Å². The summed E-state index contributed by atoms with van der Waals surface area (Å²) < 4.78 is 8.24. The van der Waals surface area contributed by atoms with Gasteiger partial charge in [-0.05, 0) is 110 Å². The minimum absolute atomic E-state index is 0.498. The second-order valence-electron chi connectivity index (χ2n) is 15.2. The Kier molecular flexibility index (Phi) is 7.35. The van der Waals surface area contributed by atoms with E-state index in [1.54, 1.807) is 0 Å². The molecule has 0 bridgehead atoms. The van der Waals surface area contributed by atoms with E-state index in [0.29, 0.717) is 0 Å². The van der Waals surface area contributed by atoms with Crippen LogP contribution < -0.4 is 4.90 Å². The topological polar surface area (TPSA) is 16.4 Å². The normalized spacial score (nSPS) is 13.0.